The molecule has 2 aliphatic heterocycles. The molecule has 0 fully saturated rings. The van der Waals surface area contributed by atoms with E-state index in [4.69, 9.17) is 0 Å². The van der Waals surface area contributed by atoms with Gasteiger partial charge < -0.3 is 19.5 Å². The lowest BCUT2D eigenvalue weighted by molar-refractivity contribution is 0.617. The van der Waals surface area contributed by atoms with Gasteiger partial charge in [-0.05, 0) is 102 Å². The second kappa shape index (κ2) is 12.0. The highest BCUT2D eigenvalue weighted by Gasteiger charge is 2.24. The molecule has 2 aromatic heterocycles. The Morgan fingerprint density at radius 2 is 1.71 bits per heavy atom. The first-order valence-corrected chi connectivity index (χ1v) is 14.8. The number of pyridine rings is 1. The molecule has 0 saturated heterocycles. The van der Waals surface area contributed by atoms with Crippen LogP contribution in [0.4, 0.5) is 11.4 Å². The molecule has 0 radical (unpaired) electrons. The number of benzene rings is 2. The standard InChI is InChI=1S/C36H39N5/c1-4-6-7-14-37-15-21-41-34-10-8-28(30-12-18-39(17-5-2)27(3)22-30)23-32(34)25-33-24-29(9-11-35(33)41)31-13-19-40-20-16-38-36(40)26-31/h5,8-13,16-20,22-24,26,37H,3-4,6-7,14-15,21,25H2,1-2H3/b17-5-. The minimum absolute atomic E-state index is 0.904. The van der Waals surface area contributed by atoms with Crippen LogP contribution in [0.5, 0.6) is 0 Å². The van der Waals surface area contributed by atoms with Crippen LogP contribution < -0.4 is 10.2 Å². The van der Waals surface area contributed by atoms with Crippen molar-refractivity contribution < 1.29 is 0 Å². The molecule has 0 saturated carbocycles. The number of imidazole rings is 1. The number of unbranched alkanes of at least 4 members (excludes halogenated alkanes) is 2. The zero-order valence-electron chi connectivity index (χ0n) is 24.2. The highest BCUT2D eigenvalue weighted by atomic mass is 15.2. The Morgan fingerprint density at radius 3 is 2.49 bits per heavy atom. The predicted octanol–water partition coefficient (Wildman–Crippen LogP) is 8.08. The van der Waals surface area contributed by atoms with Gasteiger partial charge in [0.2, 0.25) is 0 Å². The molecular formula is C36H39N5. The summed E-state index contributed by atoms with van der Waals surface area (Å²) >= 11 is 0. The van der Waals surface area contributed by atoms with Crippen molar-refractivity contribution in [2.45, 2.75) is 39.5 Å². The first-order chi connectivity index (χ1) is 20.1. The summed E-state index contributed by atoms with van der Waals surface area (Å²) in [6.07, 6.45) is 21.1. The number of hydrogen-bond donors (Lipinski definition) is 1. The minimum Gasteiger partial charge on any atom is -0.340 e. The average molecular weight is 542 g/mol. The molecule has 0 aliphatic carbocycles. The molecule has 0 amide bonds. The summed E-state index contributed by atoms with van der Waals surface area (Å²) in [6.45, 7) is 11.5. The van der Waals surface area contributed by atoms with Gasteiger partial charge in [-0.2, -0.15) is 0 Å². The Bertz CT molecular complexity index is 1650. The van der Waals surface area contributed by atoms with Gasteiger partial charge in [-0.1, -0.05) is 44.6 Å². The van der Waals surface area contributed by atoms with Gasteiger partial charge in [0.1, 0.15) is 5.65 Å². The van der Waals surface area contributed by atoms with Crippen LogP contribution in [0.25, 0.3) is 22.3 Å². The van der Waals surface area contributed by atoms with Gasteiger partial charge in [-0.15, -0.1) is 0 Å². The number of fused-ring (bicyclic) bond motifs is 3. The Morgan fingerprint density at radius 1 is 0.927 bits per heavy atom. The monoisotopic (exact) mass is 541 g/mol. The van der Waals surface area contributed by atoms with E-state index in [1.165, 1.54) is 64.0 Å². The number of rotatable bonds is 10. The van der Waals surface area contributed by atoms with Crippen LogP contribution >= 0.6 is 0 Å². The van der Waals surface area contributed by atoms with E-state index in [-0.39, 0.29) is 0 Å². The Balaban J connectivity index is 1.32. The molecule has 4 heterocycles. The summed E-state index contributed by atoms with van der Waals surface area (Å²) in [5.74, 6) is 0. The summed E-state index contributed by atoms with van der Waals surface area (Å²) in [5, 5.41) is 3.67. The van der Waals surface area contributed by atoms with Crippen molar-refractivity contribution in [3.8, 4) is 11.1 Å². The van der Waals surface area contributed by atoms with Gasteiger partial charge in [0, 0.05) is 67.6 Å². The third kappa shape index (κ3) is 5.63. The van der Waals surface area contributed by atoms with Gasteiger partial charge >= 0.3 is 0 Å². The number of anilines is 2. The molecular weight excluding hydrogens is 502 g/mol. The molecule has 6 rings (SSSR count). The van der Waals surface area contributed by atoms with Crippen molar-refractivity contribution in [3.63, 3.8) is 0 Å². The number of hydrogen-bond acceptors (Lipinski definition) is 4. The predicted molar refractivity (Wildman–Crippen MR) is 172 cm³/mol. The van der Waals surface area contributed by atoms with E-state index in [9.17, 15) is 0 Å². The van der Waals surface area contributed by atoms with Crippen molar-refractivity contribution in [1.82, 2.24) is 19.6 Å². The summed E-state index contributed by atoms with van der Waals surface area (Å²) in [6, 6.07) is 18.2. The lowest BCUT2D eigenvalue weighted by atomic mass is 9.90. The molecule has 5 heteroatoms. The SMILES string of the molecule is C=C1C=C(c2ccc3c(c2)Cc2cc(-c4ccn5ccnc5c4)ccc2N3CCNCCCCC)C=CN1/C=C\C. The van der Waals surface area contributed by atoms with E-state index in [1.54, 1.807) is 0 Å². The van der Waals surface area contributed by atoms with Crippen molar-refractivity contribution in [3.05, 3.63) is 127 Å². The number of nitrogens with zero attached hydrogens (tertiary/aromatic N) is 4. The van der Waals surface area contributed by atoms with Crippen LogP contribution in [0.2, 0.25) is 0 Å². The molecule has 208 valence electrons. The summed E-state index contributed by atoms with van der Waals surface area (Å²) in [5.41, 5.74) is 12.1. The maximum atomic E-state index is 4.49. The van der Waals surface area contributed by atoms with Gasteiger partial charge in [0.15, 0.2) is 0 Å². The van der Waals surface area contributed by atoms with E-state index >= 15 is 0 Å². The van der Waals surface area contributed by atoms with Crippen LogP contribution in [-0.2, 0) is 6.42 Å². The molecule has 0 atom stereocenters. The molecule has 2 aromatic carbocycles. The molecule has 4 aromatic rings. The maximum Gasteiger partial charge on any atom is 0.137 e. The lowest BCUT2D eigenvalue weighted by Crippen LogP contribution is -2.32. The fraction of sp³-hybridized carbons (Fsp3) is 0.250. The second-order valence-corrected chi connectivity index (χ2v) is 10.9. The van der Waals surface area contributed by atoms with E-state index < -0.39 is 0 Å². The van der Waals surface area contributed by atoms with Crippen LogP contribution in [-0.4, -0.2) is 33.9 Å². The third-order valence-electron chi connectivity index (χ3n) is 8.03. The molecule has 2 aliphatic rings. The highest BCUT2D eigenvalue weighted by Crippen LogP contribution is 2.41. The number of aromatic nitrogens is 2. The Labute approximate surface area is 243 Å². The summed E-state index contributed by atoms with van der Waals surface area (Å²) in [4.78, 5) is 9.05. The van der Waals surface area contributed by atoms with Gasteiger partial charge in [-0.3, -0.25) is 0 Å². The van der Waals surface area contributed by atoms with Crippen molar-refractivity contribution >= 4 is 22.6 Å². The van der Waals surface area contributed by atoms with Crippen molar-refractivity contribution in [2.24, 2.45) is 0 Å². The van der Waals surface area contributed by atoms with Crippen molar-refractivity contribution in [2.75, 3.05) is 24.5 Å². The largest absolute Gasteiger partial charge is 0.340 e. The Hall–Kier alpha value is -4.35. The number of nitrogens with one attached hydrogen (secondary N) is 1. The fourth-order valence-electron chi connectivity index (χ4n) is 5.87. The maximum absolute atomic E-state index is 4.49. The first kappa shape index (κ1) is 26.9. The van der Waals surface area contributed by atoms with Crippen LogP contribution in [0, 0.1) is 0 Å². The second-order valence-electron chi connectivity index (χ2n) is 10.9. The molecule has 0 bridgehead atoms. The normalized spacial score (nSPS) is 14.6. The first-order valence-electron chi connectivity index (χ1n) is 14.8. The van der Waals surface area contributed by atoms with Gasteiger partial charge in [0.25, 0.3) is 0 Å². The fourth-order valence-corrected chi connectivity index (χ4v) is 5.87. The van der Waals surface area contributed by atoms with E-state index in [0.717, 1.165) is 37.4 Å². The molecule has 5 nitrogen and oxygen atoms in total. The highest BCUT2D eigenvalue weighted by molar-refractivity contribution is 5.83. The lowest BCUT2D eigenvalue weighted by Gasteiger charge is -2.34. The summed E-state index contributed by atoms with van der Waals surface area (Å²) in [7, 11) is 0. The zero-order valence-corrected chi connectivity index (χ0v) is 24.2. The topological polar surface area (TPSA) is 35.8 Å². The number of allylic oxidation sites excluding steroid dienone is 4. The minimum atomic E-state index is 0.904. The average Bonchev–Trinajstić information content (AvgIpc) is 3.47. The van der Waals surface area contributed by atoms with Crippen LogP contribution in [0.15, 0.2) is 110 Å². The van der Waals surface area contributed by atoms with Gasteiger partial charge in [0.05, 0.1) is 0 Å². The van der Waals surface area contributed by atoms with Crippen LogP contribution in [0.1, 0.15) is 49.8 Å². The van der Waals surface area contributed by atoms with E-state index in [0.29, 0.717) is 0 Å². The zero-order chi connectivity index (χ0) is 28.2. The third-order valence-corrected chi connectivity index (χ3v) is 8.03. The molecule has 1 N–H and O–H groups in total. The van der Waals surface area contributed by atoms with E-state index in [1.807, 2.05) is 31.6 Å². The molecule has 0 spiro atoms. The van der Waals surface area contributed by atoms with Gasteiger partial charge in [-0.25, -0.2) is 4.98 Å². The Kier molecular flexibility index (Phi) is 7.88. The van der Waals surface area contributed by atoms with Crippen molar-refractivity contribution in [1.29, 1.82) is 0 Å². The molecule has 41 heavy (non-hydrogen) atoms. The smallest absolute Gasteiger partial charge is 0.137 e. The van der Waals surface area contributed by atoms with E-state index in [2.05, 4.69) is 111 Å². The van der Waals surface area contributed by atoms with Crippen LogP contribution in [0.3, 0.4) is 0 Å². The summed E-state index contributed by atoms with van der Waals surface area (Å²) < 4.78 is 2.05. The molecule has 0 unspecified atom stereocenters. The quantitative estimate of drug-likeness (QED) is 0.206.